The van der Waals surface area contributed by atoms with E-state index in [0.29, 0.717) is 12.5 Å². The third-order valence-corrected chi connectivity index (χ3v) is 6.82. The van der Waals surface area contributed by atoms with Gasteiger partial charge in [0.1, 0.15) is 0 Å². The fraction of sp³-hybridized carbons (Fsp3) is 1.00. The van der Waals surface area contributed by atoms with E-state index in [9.17, 15) is 0 Å². The maximum Gasteiger partial charge on any atom is 0.0655 e. The summed E-state index contributed by atoms with van der Waals surface area (Å²) in [7, 11) is 0. The van der Waals surface area contributed by atoms with Crippen LogP contribution in [0.3, 0.4) is 0 Å². The fourth-order valence-electron chi connectivity index (χ4n) is 4.57. The van der Waals surface area contributed by atoms with Crippen LogP contribution in [0.2, 0.25) is 0 Å². The molecule has 0 heterocycles. The Morgan fingerprint density at radius 3 is 1.54 bits per heavy atom. The number of rotatable bonds is 12. The second kappa shape index (κ2) is 9.18. The molecule has 0 amide bonds. The zero-order valence-electron chi connectivity index (χ0n) is 21.7. The molecule has 0 bridgehead atoms. The minimum Gasteiger partial charge on any atom is -0.375 e. The van der Waals surface area contributed by atoms with Crippen molar-refractivity contribution in [3.05, 3.63) is 0 Å². The van der Waals surface area contributed by atoms with Crippen LogP contribution >= 0.6 is 12.6 Å². The van der Waals surface area contributed by atoms with Crippen LogP contribution in [0.4, 0.5) is 0 Å². The SMILES string of the molecule is CC(C)C(C)(C)C(C)(C)CC(C)(C)OCCC(C)(C)OC(C)(C)CC(C)(C)S. The molecule has 2 nitrogen and oxygen atoms in total. The van der Waals surface area contributed by atoms with Crippen molar-refractivity contribution in [2.24, 2.45) is 16.7 Å². The lowest BCUT2D eigenvalue weighted by Crippen LogP contribution is -2.44. The maximum atomic E-state index is 6.47. The van der Waals surface area contributed by atoms with Gasteiger partial charge >= 0.3 is 0 Å². The molecule has 0 unspecified atom stereocenters. The number of hydrogen-bond donors (Lipinski definition) is 1. The first-order valence-corrected chi connectivity index (χ1v) is 11.5. The van der Waals surface area contributed by atoms with Gasteiger partial charge in [-0.25, -0.2) is 0 Å². The molecule has 0 saturated carbocycles. The standard InChI is InChI=1S/C25H52O2S/c1-19(2)25(13,14)20(3,4)17-22(7,8)26-16-15-21(5,6)27-23(9,10)18-24(11,12)28/h19,28H,15-18H2,1-14H3. The van der Waals surface area contributed by atoms with Crippen LogP contribution in [0.5, 0.6) is 0 Å². The van der Waals surface area contributed by atoms with Gasteiger partial charge in [0.15, 0.2) is 0 Å². The molecule has 170 valence electrons. The van der Waals surface area contributed by atoms with E-state index in [2.05, 4.69) is 110 Å². The summed E-state index contributed by atoms with van der Waals surface area (Å²) in [6.07, 6.45) is 2.81. The molecule has 28 heavy (non-hydrogen) atoms. The van der Waals surface area contributed by atoms with Crippen LogP contribution in [-0.4, -0.2) is 28.2 Å². The average Bonchev–Trinajstić information content (AvgIpc) is 2.30. The topological polar surface area (TPSA) is 18.5 Å². The van der Waals surface area contributed by atoms with Crippen molar-refractivity contribution in [1.82, 2.24) is 0 Å². The molecule has 0 aliphatic carbocycles. The monoisotopic (exact) mass is 416 g/mol. The van der Waals surface area contributed by atoms with E-state index in [1.54, 1.807) is 0 Å². The molecular formula is C25H52O2S. The lowest BCUT2D eigenvalue weighted by Gasteiger charge is -2.48. The van der Waals surface area contributed by atoms with E-state index in [0.717, 1.165) is 19.3 Å². The molecule has 0 spiro atoms. The molecule has 0 saturated heterocycles. The van der Waals surface area contributed by atoms with Crippen molar-refractivity contribution < 1.29 is 9.47 Å². The zero-order chi connectivity index (χ0) is 22.8. The first kappa shape index (κ1) is 28.3. The van der Waals surface area contributed by atoms with Crippen LogP contribution in [0.25, 0.3) is 0 Å². The number of hydrogen-bond acceptors (Lipinski definition) is 3. The third kappa shape index (κ3) is 9.85. The number of thiol groups is 1. The fourth-order valence-corrected chi connectivity index (χ4v) is 4.96. The summed E-state index contributed by atoms with van der Waals surface area (Å²) in [4.78, 5) is 0. The van der Waals surface area contributed by atoms with Crippen molar-refractivity contribution in [2.45, 2.75) is 138 Å². The van der Waals surface area contributed by atoms with Crippen LogP contribution in [-0.2, 0) is 9.47 Å². The van der Waals surface area contributed by atoms with E-state index in [-0.39, 0.29) is 32.4 Å². The smallest absolute Gasteiger partial charge is 0.0655 e. The van der Waals surface area contributed by atoms with Gasteiger partial charge < -0.3 is 9.47 Å². The molecule has 0 aromatic rings. The van der Waals surface area contributed by atoms with Crippen molar-refractivity contribution >= 4 is 12.6 Å². The predicted octanol–water partition coefficient (Wildman–Crippen LogP) is 7.94. The Balaban J connectivity index is 4.83. The summed E-state index contributed by atoms with van der Waals surface area (Å²) < 4.78 is 12.8. The molecule has 0 atom stereocenters. The van der Waals surface area contributed by atoms with Gasteiger partial charge in [-0.15, -0.1) is 0 Å². The van der Waals surface area contributed by atoms with Gasteiger partial charge in [0, 0.05) is 4.75 Å². The molecule has 0 aromatic carbocycles. The van der Waals surface area contributed by atoms with Gasteiger partial charge in [0.25, 0.3) is 0 Å². The predicted molar refractivity (Wildman–Crippen MR) is 129 cm³/mol. The molecule has 0 aromatic heterocycles. The van der Waals surface area contributed by atoms with E-state index in [1.165, 1.54) is 0 Å². The van der Waals surface area contributed by atoms with Crippen LogP contribution in [0.1, 0.15) is 116 Å². The van der Waals surface area contributed by atoms with E-state index >= 15 is 0 Å². The Labute approximate surface area is 183 Å². The molecule has 0 aliphatic heterocycles. The van der Waals surface area contributed by atoms with E-state index < -0.39 is 0 Å². The lowest BCUT2D eigenvalue weighted by atomic mass is 9.59. The quantitative estimate of drug-likeness (QED) is 0.325. The minimum absolute atomic E-state index is 0.0487. The van der Waals surface area contributed by atoms with Crippen LogP contribution < -0.4 is 0 Å². The molecule has 0 aliphatic rings. The van der Waals surface area contributed by atoms with Gasteiger partial charge in [0.05, 0.1) is 23.4 Å². The van der Waals surface area contributed by atoms with Gasteiger partial charge in [-0.1, -0.05) is 55.4 Å². The van der Waals surface area contributed by atoms with E-state index in [1.807, 2.05) is 0 Å². The largest absolute Gasteiger partial charge is 0.375 e. The summed E-state index contributed by atoms with van der Waals surface area (Å²) in [5.74, 6) is 0.629. The highest BCUT2D eigenvalue weighted by Crippen LogP contribution is 2.49. The average molecular weight is 417 g/mol. The van der Waals surface area contributed by atoms with Crippen molar-refractivity contribution in [2.75, 3.05) is 6.61 Å². The number of ether oxygens (including phenoxy) is 2. The van der Waals surface area contributed by atoms with Crippen molar-refractivity contribution in [1.29, 1.82) is 0 Å². The first-order valence-electron chi connectivity index (χ1n) is 11.1. The van der Waals surface area contributed by atoms with Gasteiger partial charge in [-0.05, 0) is 77.6 Å². The van der Waals surface area contributed by atoms with Gasteiger partial charge in [-0.3, -0.25) is 0 Å². The second-order valence-corrected chi connectivity index (χ2v) is 14.1. The molecule has 0 fully saturated rings. The third-order valence-electron chi connectivity index (χ3n) is 6.66. The molecular weight excluding hydrogens is 364 g/mol. The lowest BCUT2D eigenvalue weighted by molar-refractivity contribution is -0.148. The molecule has 0 rings (SSSR count). The minimum atomic E-state index is -0.231. The van der Waals surface area contributed by atoms with Crippen LogP contribution in [0, 0.1) is 16.7 Å². The zero-order valence-corrected chi connectivity index (χ0v) is 22.6. The van der Waals surface area contributed by atoms with Crippen LogP contribution in [0.15, 0.2) is 0 Å². The summed E-state index contributed by atoms with van der Waals surface area (Å²) in [6.45, 7) is 32.3. The van der Waals surface area contributed by atoms with E-state index in [4.69, 9.17) is 9.47 Å². The Morgan fingerprint density at radius 1 is 0.679 bits per heavy atom. The normalized spacial score (nSPS) is 15.4. The summed E-state index contributed by atoms with van der Waals surface area (Å²) in [5.41, 5.74) is -0.163. The summed E-state index contributed by atoms with van der Waals surface area (Å²) in [6, 6.07) is 0. The Bertz CT molecular complexity index is 479. The summed E-state index contributed by atoms with van der Waals surface area (Å²) >= 11 is 4.68. The maximum absolute atomic E-state index is 6.47. The van der Waals surface area contributed by atoms with Crippen molar-refractivity contribution in [3.63, 3.8) is 0 Å². The van der Waals surface area contributed by atoms with Gasteiger partial charge in [-0.2, -0.15) is 12.6 Å². The Hall–Kier alpha value is 0.270. The molecule has 0 N–H and O–H groups in total. The second-order valence-electron chi connectivity index (χ2n) is 12.9. The Morgan fingerprint density at radius 2 is 1.14 bits per heavy atom. The summed E-state index contributed by atoms with van der Waals surface area (Å²) in [5, 5.41) is 0. The highest BCUT2D eigenvalue weighted by molar-refractivity contribution is 7.81. The van der Waals surface area contributed by atoms with Gasteiger partial charge in [0.2, 0.25) is 0 Å². The molecule has 3 heteroatoms. The van der Waals surface area contributed by atoms with Crippen molar-refractivity contribution in [3.8, 4) is 0 Å². The Kier molecular flexibility index (Phi) is 9.27. The molecule has 0 radical (unpaired) electrons. The highest BCUT2D eigenvalue weighted by Gasteiger charge is 2.43. The highest BCUT2D eigenvalue weighted by atomic mass is 32.1. The first-order chi connectivity index (χ1) is 12.0.